The first kappa shape index (κ1) is 36.9. The Morgan fingerprint density at radius 2 is 1.85 bits per heavy atom. The Morgan fingerprint density at radius 3 is 2.48 bits per heavy atom. The lowest BCUT2D eigenvalue weighted by molar-refractivity contribution is -0.142. The first-order valence-corrected chi connectivity index (χ1v) is 16.0. The van der Waals surface area contributed by atoms with Crippen molar-refractivity contribution in [2.24, 2.45) is 5.92 Å². The topological polar surface area (TPSA) is 100 Å². The highest BCUT2D eigenvalue weighted by atomic mass is 19.1. The van der Waals surface area contributed by atoms with E-state index in [-0.39, 0.29) is 48.9 Å². The molecule has 0 saturated carbocycles. The first-order valence-electron chi connectivity index (χ1n) is 16.0. The Kier molecular flexibility index (Phi) is 14.4. The van der Waals surface area contributed by atoms with Crippen molar-refractivity contribution in [1.29, 1.82) is 0 Å². The van der Waals surface area contributed by atoms with Crippen LogP contribution in [0.4, 0.5) is 8.78 Å². The highest BCUT2D eigenvalue weighted by molar-refractivity contribution is 5.88. The van der Waals surface area contributed by atoms with E-state index in [2.05, 4.69) is 30.7 Å². The van der Waals surface area contributed by atoms with Gasteiger partial charge in [-0.1, -0.05) is 44.9 Å². The highest BCUT2D eigenvalue weighted by Crippen LogP contribution is 2.42. The summed E-state index contributed by atoms with van der Waals surface area (Å²) in [5.74, 6) is -1.75. The molecule has 2 aromatic carbocycles. The summed E-state index contributed by atoms with van der Waals surface area (Å²) in [6, 6.07) is 6.88. The van der Waals surface area contributed by atoms with Crippen LogP contribution in [-0.2, 0) is 20.7 Å². The Morgan fingerprint density at radius 1 is 1.13 bits per heavy atom. The molecule has 0 saturated heterocycles. The van der Waals surface area contributed by atoms with Gasteiger partial charge in [-0.15, -0.1) is 13.2 Å². The van der Waals surface area contributed by atoms with Crippen molar-refractivity contribution in [3.63, 3.8) is 0 Å². The fourth-order valence-electron chi connectivity index (χ4n) is 5.96. The second-order valence-electron chi connectivity index (χ2n) is 12.0. The molecule has 1 aliphatic rings. The van der Waals surface area contributed by atoms with Crippen LogP contribution in [0, 0.1) is 17.6 Å². The van der Waals surface area contributed by atoms with Crippen LogP contribution < -0.4 is 15.4 Å². The summed E-state index contributed by atoms with van der Waals surface area (Å²) in [5, 5.41) is 17.8. The van der Waals surface area contributed by atoms with Gasteiger partial charge in [0, 0.05) is 31.6 Å². The largest absolute Gasteiger partial charge is 0.497 e. The maximum absolute atomic E-state index is 14.1. The molecule has 0 spiro atoms. The number of methoxy groups -OCH3 is 1. The Bertz CT molecular complexity index is 1320. The van der Waals surface area contributed by atoms with Crippen LogP contribution in [0.1, 0.15) is 74.8 Å². The van der Waals surface area contributed by atoms with Crippen molar-refractivity contribution in [3.8, 4) is 5.75 Å². The fourth-order valence-corrected chi connectivity index (χ4v) is 5.96. The number of fused-ring (bicyclic) bond motifs is 1. The molecule has 0 radical (unpaired) electrons. The lowest BCUT2D eigenvalue weighted by Gasteiger charge is -2.32. The quantitative estimate of drug-likeness (QED) is 0.174. The van der Waals surface area contributed by atoms with Gasteiger partial charge in [0.2, 0.25) is 11.8 Å². The number of carbonyl (C=O) groups is 2. The maximum Gasteiger partial charge on any atom is 0.243 e. The summed E-state index contributed by atoms with van der Waals surface area (Å²) in [7, 11) is 3.18. The van der Waals surface area contributed by atoms with E-state index in [0.29, 0.717) is 25.2 Å². The predicted molar refractivity (Wildman–Crippen MR) is 175 cm³/mol. The average Bonchev–Trinajstić information content (AvgIpc) is 3.38. The average molecular weight is 642 g/mol. The second-order valence-corrected chi connectivity index (χ2v) is 12.0. The zero-order chi connectivity index (χ0) is 33.8. The number of halogens is 2. The summed E-state index contributed by atoms with van der Waals surface area (Å²) >= 11 is 0. The van der Waals surface area contributed by atoms with E-state index in [0.717, 1.165) is 30.0 Å². The number of likely N-dealkylation sites (N-methyl/N-ethyl adjacent to an activating group) is 1. The van der Waals surface area contributed by atoms with Gasteiger partial charge in [-0.2, -0.15) is 0 Å². The minimum Gasteiger partial charge on any atom is -0.497 e. The Hall–Kier alpha value is -3.60. The number of benzene rings is 2. The number of carbonyl (C=O) groups excluding carboxylic acids is 2. The van der Waals surface area contributed by atoms with E-state index >= 15 is 0 Å². The molecule has 0 fully saturated rings. The number of aliphatic hydroxyl groups excluding tert-OH is 1. The molecule has 2 aromatic rings. The summed E-state index contributed by atoms with van der Waals surface area (Å²) < 4.78 is 39.7. The molecule has 46 heavy (non-hydrogen) atoms. The third kappa shape index (κ3) is 9.95. The molecule has 3 rings (SSSR count). The molecule has 1 aliphatic carbocycles. The zero-order valence-corrected chi connectivity index (χ0v) is 27.4. The number of hydrogen-bond donors (Lipinski definition) is 3. The van der Waals surface area contributed by atoms with Gasteiger partial charge in [0.05, 0.1) is 32.0 Å². The summed E-state index contributed by atoms with van der Waals surface area (Å²) in [6.45, 7) is 11.8. The van der Waals surface area contributed by atoms with Gasteiger partial charge in [0.1, 0.15) is 23.4 Å². The number of hydrogen-bond acceptors (Lipinski definition) is 6. The van der Waals surface area contributed by atoms with E-state index in [9.17, 15) is 23.5 Å². The van der Waals surface area contributed by atoms with Crippen molar-refractivity contribution in [2.75, 3.05) is 27.3 Å². The molecular weight excluding hydrogens is 592 g/mol. The van der Waals surface area contributed by atoms with Crippen molar-refractivity contribution < 1.29 is 33.0 Å². The molecule has 3 N–H and O–H groups in total. The minimum absolute atomic E-state index is 0.0468. The van der Waals surface area contributed by atoms with Gasteiger partial charge >= 0.3 is 0 Å². The van der Waals surface area contributed by atoms with Gasteiger partial charge < -0.3 is 30.1 Å². The molecule has 2 amide bonds. The van der Waals surface area contributed by atoms with Crippen LogP contribution >= 0.6 is 0 Å². The van der Waals surface area contributed by atoms with Crippen LogP contribution in [0.3, 0.4) is 0 Å². The lowest BCUT2D eigenvalue weighted by atomic mass is 9.98. The van der Waals surface area contributed by atoms with E-state index in [1.807, 2.05) is 25.1 Å². The number of aliphatic hydroxyl groups is 1. The number of rotatable bonds is 19. The smallest absolute Gasteiger partial charge is 0.243 e. The summed E-state index contributed by atoms with van der Waals surface area (Å²) in [5.41, 5.74) is 2.24. The Labute approximate surface area is 271 Å². The van der Waals surface area contributed by atoms with Gasteiger partial charge in [-0.25, -0.2) is 8.78 Å². The van der Waals surface area contributed by atoms with Gasteiger partial charge in [0.15, 0.2) is 0 Å². The molecule has 6 atom stereocenters. The van der Waals surface area contributed by atoms with Crippen LogP contribution in [-0.4, -0.2) is 67.3 Å². The molecule has 10 heteroatoms. The number of nitrogens with one attached hydrogen (secondary N) is 2. The van der Waals surface area contributed by atoms with Crippen LogP contribution in [0.2, 0.25) is 0 Å². The number of amides is 2. The van der Waals surface area contributed by atoms with Crippen molar-refractivity contribution in [2.45, 2.75) is 82.7 Å². The molecule has 0 unspecified atom stereocenters. The fraction of sp³-hybridized carbons (Fsp3) is 0.500. The summed E-state index contributed by atoms with van der Waals surface area (Å²) in [6.07, 6.45) is 5.20. The Balaban J connectivity index is 1.82. The molecular formula is C36H49F2N3O5. The molecule has 8 nitrogen and oxygen atoms in total. The normalized spacial score (nSPS) is 18.2. The molecule has 0 heterocycles. The zero-order valence-electron chi connectivity index (χ0n) is 27.4. The number of unbranched alkanes of at least 4 members (excludes halogenated alkanes) is 1. The number of nitrogens with zero attached hydrogens (tertiary/aromatic N) is 1. The predicted octanol–water partition coefficient (Wildman–Crippen LogP) is 5.57. The molecule has 0 aromatic heterocycles. The van der Waals surface area contributed by atoms with E-state index < -0.39 is 35.7 Å². The monoisotopic (exact) mass is 641 g/mol. The SMILES string of the molecule is C=CCO[C@H]1C[C@H](NC[C@H](O)[C@H](Cc2cc(F)cc(F)c2)NC(=O)[C@H](CC=C)N(C)C(=O)[C@@H](C)CCCC)c2cc(OC)ccc21. The highest BCUT2D eigenvalue weighted by Gasteiger charge is 2.34. The van der Waals surface area contributed by atoms with Crippen molar-refractivity contribution in [3.05, 3.63) is 90.0 Å². The molecule has 0 aliphatic heterocycles. The van der Waals surface area contributed by atoms with E-state index in [4.69, 9.17) is 9.47 Å². The maximum atomic E-state index is 14.1. The molecule has 252 valence electrons. The van der Waals surface area contributed by atoms with E-state index in [1.165, 1.54) is 17.0 Å². The lowest BCUT2D eigenvalue weighted by Crippen LogP contribution is -2.55. The van der Waals surface area contributed by atoms with Gasteiger partial charge in [-0.05, 0) is 66.6 Å². The minimum atomic E-state index is -1.16. The van der Waals surface area contributed by atoms with E-state index in [1.54, 1.807) is 26.3 Å². The van der Waals surface area contributed by atoms with Crippen LogP contribution in [0.15, 0.2) is 61.7 Å². The third-order valence-corrected chi connectivity index (χ3v) is 8.54. The van der Waals surface area contributed by atoms with Gasteiger partial charge in [0.25, 0.3) is 0 Å². The van der Waals surface area contributed by atoms with Gasteiger partial charge in [-0.3, -0.25) is 9.59 Å². The summed E-state index contributed by atoms with van der Waals surface area (Å²) in [4.78, 5) is 28.3. The first-order chi connectivity index (χ1) is 22.0. The molecule has 0 bridgehead atoms. The van der Waals surface area contributed by atoms with Crippen molar-refractivity contribution >= 4 is 11.8 Å². The third-order valence-electron chi connectivity index (χ3n) is 8.54. The van der Waals surface area contributed by atoms with Crippen LogP contribution in [0.5, 0.6) is 5.75 Å². The standard InChI is InChI=1S/C36H49F2N3O5/c1-7-10-12-23(4)36(44)41(5)32(11-8-2)35(43)40-31(18-24-16-25(37)19-26(38)17-24)33(42)22-39-30-21-34(46-15-9-3)28-14-13-27(45-6)20-29(28)30/h8-9,13-14,16-17,19-20,23,30-34,39,42H,2-3,7,10-12,15,18,21-22H2,1,4-6H3,(H,40,43)/t23-,30-,31-,32-,33-,34-/m0/s1. The van der Waals surface area contributed by atoms with Crippen molar-refractivity contribution in [1.82, 2.24) is 15.5 Å². The number of ether oxygens (including phenoxy) is 2. The second kappa shape index (κ2) is 17.9. The van der Waals surface area contributed by atoms with Crippen LogP contribution in [0.25, 0.3) is 0 Å².